The Kier molecular flexibility index (Phi) is 6.08. The Labute approximate surface area is 178 Å². The van der Waals surface area contributed by atoms with Crippen molar-refractivity contribution in [2.45, 2.75) is 57.7 Å². The summed E-state index contributed by atoms with van der Waals surface area (Å²) >= 11 is 0. The second-order valence-corrected chi connectivity index (χ2v) is 9.05. The van der Waals surface area contributed by atoms with E-state index in [1.54, 1.807) is 32.4 Å². The van der Waals surface area contributed by atoms with E-state index in [9.17, 15) is 4.39 Å². The van der Waals surface area contributed by atoms with Crippen molar-refractivity contribution in [3.63, 3.8) is 0 Å². The van der Waals surface area contributed by atoms with Gasteiger partial charge in [-0.3, -0.25) is 4.90 Å². The van der Waals surface area contributed by atoms with Gasteiger partial charge in [-0.1, -0.05) is 0 Å². The lowest BCUT2D eigenvalue weighted by Gasteiger charge is -2.53. The summed E-state index contributed by atoms with van der Waals surface area (Å²) in [6.07, 6.45) is 2.94. The van der Waals surface area contributed by atoms with E-state index in [-0.39, 0.29) is 22.9 Å². The van der Waals surface area contributed by atoms with Crippen LogP contribution in [0.3, 0.4) is 0 Å². The number of likely N-dealkylation sites (tertiary alicyclic amines) is 1. The fraction of sp³-hybridized carbons (Fsp3) is 0.545. The predicted octanol–water partition coefficient (Wildman–Crippen LogP) is 4.44. The first-order chi connectivity index (χ1) is 14.0. The Bertz CT molecular complexity index is 863. The molecule has 3 rings (SSSR count). The van der Waals surface area contributed by atoms with Crippen LogP contribution in [0.2, 0.25) is 0 Å². The third-order valence-electron chi connectivity index (χ3n) is 6.00. The van der Waals surface area contributed by atoms with Gasteiger partial charge in [0, 0.05) is 41.0 Å². The van der Waals surface area contributed by atoms with Crippen molar-refractivity contribution < 1.29 is 13.9 Å². The highest BCUT2D eigenvalue weighted by atomic mass is 19.1. The van der Waals surface area contributed by atoms with Crippen molar-refractivity contribution in [1.82, 2.24) is 14.9 Å². The number of ether oxygens (including phenoxy) is 2. The Morgan fingerprint density at radius 3 is 2.13 bits per heavy atom. The highest BCUT2D eigenvalue weighted by Crippen LogP contribution is 2.38. The smallest absolute Gasteiger partial charge is 0.229 e. The van der Waals surface area contributed by atoms with E-state index in [1.165, 1.54) is 6.20 Å². The first kappa shape index (κ1) is 22.1. The summed E-state index contributed by atoms with van der Waals surface area (Å²) < 4.78 is 25.1. The van der Waals surface area contributed by atoms with E-state index >= 15 is 0 Å². The number of piperidine rings is 1. The van der Waals surface area contributed by atoms with Gasteiger partial charge in [-0.25, -0.2) is 9.37 Å². The van der Waals surface area contributed by atoms with Crippen molar-refractivity contribution in [3.8, 4) is 11.5 Å². The van der Waals surface area contributed by atoms with Crippen LogP contribution in [-0.2, 0) is 0 Å². The topological polar surface area (TPSA) is 71.5 Å². The zero-order valence-corrected chi connectivity index (χ0v) is 18.8. The molecule has 0 atom stereocenters. The lowest BCUT2D eigenvalue weighted by molar-refractivity contribution is -0.00778. The number of anilines is 3. The van der Waals surface area contributed by atoms with Crippen LogP contribution >= 0.6 is 0 Å². The molecule has 1 saturated heterocycles. The molecule has 0 bridgehead atoms. The minimum Gasteiger partial charge on any atom is -0.497 e. The first-order valence-corrected chi connectivity index (χ1v) is 10.1. The van der Waals surface area contributed by atoms with Crippen LogP contribution in [0.15, 0.2) is 24.4 Å². The second kappa shape index (κ2) is 8.26. The van der Waals surface area contributed by atoms with Crippen molar-refractivity contribution in [3.05, 3.63) is 30.2 Å². The molecule has 0 aliphatic carbocycles. The van der Waals surface area contributed by atoms with E-state index in [1.807, 2.05) is 0 Å². The molecule has 1 aromatic carbocycles. The van der Waals surface area contributed by atoms with Crippen LogP contribution < -0.4 is 20.1 Å². The lowest BCUT2D eigenvalue weighted by Crippen LogP contribution is -2.61. The molecule has 2 N–H and O–H groups in total. The number of benzene rings is 1. The Morgan fingerprint density at radius 1 is 1.03 bits per heavy atom. The van der Waals surface area contributed by atoms with Crippen molar-refractivity contribution in [2.24, 2.45) is 0 Å². The van der Waals surface area contributed by atoms with Crippen molar-refractivity contribution >= 4 is 17.5 Å². The lowest BCUT2D eigenvalue weighted by atomic mass is 9.77. The molecule has 0 radical (unpaired) electrons. The van der Waals surface area contributed by atoms with Gasteiger partial charge < -0.3 is 20.1 Å². The van der Waals surface area contributed by atoms with Crippen LogP contribution in [0.4, 0.5) is 21.8 Å². The summed E-state index contributed by atoms with van der Waals surface area (Å²) in [5.74, 6) is 1.28. The van der Waals surface area contributed by atoms with Gasteiger partial charge in [0.2, 0.25) is 5.95 Å². The summed E-state index contributed by atoms with van der Waals surface area (Å²) in [4.78, 5) is 10.9. The summed E-state index contributed by atoms with van der Waals surface area (Å²) in [6, 6.07) is 5.46. The van der Waals surface area contributed by atoms with Gasteiger partial charge in [0.1, 0.15) is 11.5 Å². The quantitative estimate of drug-likeness (QED) is 0.720. The van der Waals surface area contributed by atoms with Crippen LogP contribution in [0.25, 0.3) is 0 Å². The molecule has 2 aromatic rings. The van der Waals surface area contributed by atoms with Crippen LogP contribution in [0.1, 0.15) is 40.5 Å². The van der Waals surface area contributed by atoms with E-state index in [0.717, 1.165) is 12.8 Å². The third-order valence-corrected chi connectivity index (χ3v) is 6.00. The fourth-order valence-corrected chi connectivity index (χ4v) is 4.20. The number of hydrogen-bond acceptors (Lipinski definition) is 7. The largest absolute Gasteiger partial charge is 0.497 e. The minimum absolute atomic E-state index is 0.0127. The number of halogens is 1. The average Bonchev–Trinajstić information content (AvgIpc) is 2.68. The highest BCUT2D eigenvalue weighted by molar-refractivity contribution is 5.60. The number of aromatic nitrogens is 2. The summed E-state index contributed by atoms with van der Waals surface area (Å²) in [6.45, 7) is 8.84. The molecular weight excluding hydrogens is 385 g/mol. The van der Waals surface area contributed by atoms with E-state index in [2.05, 4.69) is 60.2 Å². The first-order valence-electron chi connectivity index (χ1n) is 10.1. The van der Waals surface area contributed by atoms with Gasteiger partial charge in [0.15, 0.2) is 11.6 Å². The molecule has 8 heteroatoms. The van der Waals surface area contributed by atoms with Gasteiger partial charge in [0.05, 0.1) is 20.4 Å². The maximum atomic E-state index is 14.5. The van der Waals surface area contributed by atoms with Gasteiger partial charge in [-0.2, -0.15) is 4.98 Å². The number of hydrogen-bond donors (Lipinski definition) is 2. The maximum absolute atomic E-state index is 14.5. The minimum atomic E-state index is -0.474. The number of methoxy groups -OCH3 is 2. The van der Waals surface area contributed by atoms with E-state index in [0.29, 0.717) is 23.1 Å². The number of rotatable bonds is 6. The molecule has 7 nitrogen and oxygen atoms in total. The molecule has 1 fully saturated rings. The SMILES string of the molecule is COc1cc(Nc2ncc(F)c(NC3CC(C)(C)N(C)C(C)(C)C3)n2)cc(OC)c1. The molecule has 2 heterocycles. The summed E-state index contributed by atoms with van der Waals surface area (Å²) in [5.41, 5.74) is 0.660. The predicted molar refractivity (Wildman–Crippen MR) is 117 cm³/mol. The standard InChI is InChI=1S/C22H32FN5O2/c1-21(2)11-15(12-22(3,4)28(21)5)25-19-18(23)13-24-20(27-19)26-14-8-16(29-6)10-17(9-14)30-7/h8-10,13,15H,11-12H2,1-7H3,(H2,24,25,26,27). The van der Waals surface area contributed by atoms with Crippen LogP contribution in [0, 0.1) is 5.82 Å². The van der Waals surface area contributed by atoms with Crippen LogP contribution in [-0.4, -0.2) is 53.3 Å². The zero-order valence-electron chi connectivity index (χ0n) is 18.8. The molecule has 0 unspecified atom stereocenters. The van der Waals surface area contributed by atoms with Crippen LogP contribution in [0.5, 0.6) is 11.5 Å². The molecule has 0 amide bonds. The Morgan fingerprint density at radius 2 is 1.60 bits per heavy atom. The molecule has 1 aliphatic heterocycles. The van der Waals surface area contributed by atoms with Gasteiger partial charge in [-0.15, -0.1) is 0 Å². The molecule has 164 valence electrons. The normalized spacial score (nSPS) is 18.7. The molecule has 1 aromatic heterocycles. The second-order valence-electron chi connectivity index (χ2n) is 9.05. The number of nitrogens with zero attached hydrogens (tertiary/aromatic N) is 3. The van der Waals surface area contributed by atoms with Crippen molar-refractivity contribution in [1.29, 1.82) is 0 Å². The Hall–Kier alpha value is -2.61. The number of nitrogens with one attached hydrogen (secondary N) is 2. The fourth-order valence-electron chi connectivity index (χ4n) is 4.20. The van der Waals surface area contributed by atoms with Gasteiger partial charge in [0.25, 0.3) is 0 Å². The third kappa shape index (κ3) is 4.75. The maximum Gasteiger partial charge on any atom is 0.229 e. The molecule has 30 heavy (non-hydrogen) atoms. The van der Waals surface area contributed by atoms with E-state index in [4.69, 9.17) is 9.47 Å². The van der Waals surface area contributed by atoms with Gasteiger partial charge in [-0.05, 0) is 47.6 Å². The monoisotopic (exact) mass is 417 g/mol. The molecular formula is C22H32FN5O2. The molecule has 1 aliphatic rings. The average molecular weight is 418 g/mol. The van der Waals surface area contributed by atoms with E-state index < -0.39 is 5.82 Å². The molecule has 0 saturated carbocycles. The molecule has 0 spiro atoms. The zero-order chi connectivity index (χ0) is 22.1. The Balaban J connectivity index is 1.81. The summed E-state index contributed by atoms with van der Waals surface area (Å²) in [7, 11) is 5.31. The highest BCUT2D eigenvalue weighted by Gasteiger charge is 2.43. The summed E-state index contributed by atoms with van der Waals surface area (Å²) in [5, 5.41) is 6.41. The van der Waals surface area contributed by atoms with Crippen molar-refractivity contribution in [2.75, 3.05) is 31.9 Å². The van der Waals surface area contributed by atoms with Gasteiger partial charge >= 0.3 is 0 Å².